The van der Waals surface area contributed by atoms with Gasteiger partial charge in [0.1, 0.15) is 5.75 Å². The highest BCUT2D eigenvalue weighted by Gasteiger charge is 2.12. The Morgan fingerprint density at radius 2 is 2.00 bits per heavy atom. The topological polar surface area (TPSA) is 60.7 Å². The number of halogens is 1. The fraction of sp³-hybridized carbons (Fsp3) is 0.526. The lowest BCUT2D eigenvalue weighted by atomic mass is 9.97. The summed E-state index contributed by atoms with van der Waals surface area (Å²) in [6.45, 7) is 6.08. The molecule has 0 saturated heterocycles. The van der Waals surface area contributed by atoms with Crippen LogP contribution < -0.4 is 0 Å². The second-order valence-corrected chi connectivity index (χ2v) is 6.58. The van der Waals surface area contributed by atoms with Crippen LogP contribution in [0.25, 0.3) is 0 Å². The van der Waals surface area contributed by atoms with Crippen LogP contribution in [0.5, 0.6) is 5.75 Å². The highest BCUT2D eigenvalue weighted by molar-refractivity contribution is 6.31. The molecule has 0 amide bonds. The minimum Gasteiger partial charge on any atom is -0.508 e. The van der Waals surface area contributed by atoms with E-state index < -0.39 is 6.10 Å². The maximum atomic E-state index is 10.2. The lowest BCUT2D eigenvalue weighted by Gasteiger charge is -2.15. The Bertz CT molecular complexity index is 560. The average Bonchev–Trinajstić information content (AvgIpc) is 2.46. The van der Waals surface area contributed by atoms with Crippen LogP contribution in [0.1, 0.15) is 58.1 Å². The summed E-state index contributed by atoms with van der Waals surface area (Å²) in [6.07, 6.45) is 3.56. The first-order valence-corrected chi connectivity index (χ1v) is 8.50. The molecule has 0 bridgehead atoms. The van der Waals surface area contributed by atoms with Crippen molar-refractivity contribution in [3.8, 4) is 5.75 Å². The van der Waals surface area contributed by atoms with E-state index >= 15 is 0 Å². The van der Waals surface area contributed by atoms with Gasteiger partial charge in [-0.15, -0.1) is 5.73 Å². The summed E-state index contributed by atoms with van der Waals surface area (Å²) in [5.41, 5.74) is 4.87. The molecule has 0 spiro atoms. The third-order valence-electron chi connectivity index (χ3n) is 3.77. The summed E-state index contributed by atoms with van der Waals surface area (Å²) in [6, 6.07) is 4.54. The van der Waals surface area contributed by atoms with Crippen molar-refractivity contribution in [2.45, 2.75) is 58.7 Å². The van der Waals surface area contributed by atoms with Crippen LogP contribution in [0.3, 0.4) is 0 Å². The zero-order chi connectivity index (χ0) is 17.4. The fourth-order valence-corrected chi connectivity index (χ4v) is 2.55. The predicted molar refractivity (Wildman–Crippen MR) is 94.7 cm³/mol. The molecule has 23 heavy (non-hydrogen) atoms. The molecular weight excluding hydrogens is 312 g/mol. The second-order valence-electron chi connectivity index (χ2n) is 6.17. The van der Waals surface area contributed by atoms with E-state index in [4.69, 9.17) is 11.6 Å². The van der Waals surface area contributed by atoms with Gasteiger partial charge in [0, 0.05) is 12.8 Å². The standard InChI is InChI=1S/C19H27ClO3/c1-4-6-14(11-19(23)13(2)3)7-5-8-18(22)16-10-9-15(21)12-17(16)20/h5,9-10,12-13,18-19,21-23H,4,6,8,11H2,1-3H3/t7?,18-,19-/m1/s1. The Hall–Kier alpha value is -1.25. The lowest BCUT2D eigenvalue weighted by Crippen LogP contribution is -2.15. The van der Waals surface area contributed by atoms with Gasteiger partial charge in [-0.1, -0.05) is 44.9 Å². The molecule has 128 valence electrons. The number of phenolic OH excluding ortho intramolecular Hbond substituents is 1. The van der Waals surface area contributed by atoms with E-state index in [-0.39, 0.29) is 17.8 Å². The molecule has 3 N–H and O–H groups in total. The highest BCUT2D eigenvalue weighted by atomic mass is 35.5. The predicted octanol–water partition coefficient (Wildman–Crippen LogP) is 4.76. The van der Waals surface area contributed by atoms with Gasteiger partial charge in [0.05, 0.1) is 17.2 Å². The molecule has 0 unspecified atom stereocenters. The van der Waals surface area contributed by atoms with Crippen molar-refractivity contribution >= 4 is 11.6 Å². The fourth-order valence-electron chi connectivity index (χ4n) is 2.25. The molecule has 0 aromatic heterocycles. The highest BCUT2D eigenvalue weighted by Crippen LogP contribution is 2.28. The summed E-state index contributed by atoms with van der Waals surface area (Å²) in [7, 11) is 0. The number of benzene rings is 1. The smallest absolute Gasteiger partial charge is 0.117 e. The number of hydrogen-bond acceptors (Lipinski definition) is 3. The Morgan fingerprint density at radius 1 is 1.30 bits per heavy atom. The third-order valence-corrected chi connectivity index (χ3v) is 4.09. The van der Waals surface area contributed by atoms with Gasteiger partial charge in [0.25, 0.3) is 0 Å². The molecule has 0 saturated carbocycles. The third kappa shape index (κ3) is 6.80. The van der Waals surface area contributed by atoms with Gasteiger partial charge in [-0.05, 0) is 41.7 Å². The largest absolute Gasteiger partial charge is 0.508 e. The van der Waals surface area contributed by atoms with Gasteiger partial charge in [0.2, 0.25) is 0 Å². The van der Waals surface area contributed by atoms with E-state index in [2.05, 4.69) is 12.7 Å². The summed E-state index contributed by atoms with van der Waals surface area (Å²) >= 11 is 6.03. The van der Waals surface area contributed by atoms with Gasteiger partial charge in [-0.3, -0.25) is 0 Å². The molecule has 0 radical (unpaired) electrons. The molecule has 0 aliphatic heterocycles. The van der Waals surface area contributed by atoms with Gasteiger partial charge in [0.15, 0.2) is 0 Å². The minimum absolute atomic E-state index is 0.0780. The number of phenols is 1. The van der Waals surface area contributed by atoms with Crippen LogP contribution in [-0.4, -0.2) is 21.4 Å². The lowest BCUT2D eigenvalue weighted by molar-refractivity contribution is 0.125. The molecule has 4 heteroatoms. The zero-order valence-electron chi connectivity index (χ0n) is 14.1. The van der Waals surface area contributed by atoms with Crippen LogP contribution in [0.15, 0.2) is 35.6 Å². The van der Waals surface area contributed by atoms with E-state index in [1.807, 2.05) is 13.8 Å². The Kier molecular flexibility index (Phi) is 8.43. The number of hydrogen-bond donors (Lipinski definition) is 3. The molecule has 0 heterocycles. The SMILES string of the molecule is CCCC(=C=CC[C@@H](O)c1ccc(O)cc1Cl)C[C@@H](O)C(C)C. The summed E-state index contributed by atoms with van der Waals surface area (Å²) in [5, 5.41) is 29.9. The van der Waals surface area contributed by atoms with Crippen LogP contribution >= 0.6 is 11.6 Å². The quantitative estimate of drug-likeness (QED) is 0.599. The van der Waals surface area contributed by atoms with Crippen LogP contribution in [0.2, 0.25) is 5.02 Å². The summed E-state index contributed by atoms with van der Waals surface area (Å²) < 4.78 is 0. The molecule has 3 nitrogen and oxygen atoms in total. The first kappa shape index (κ1) is 19.8. The monoisotopic (exact) mass is 338 g/mol. The number of aliphatic hydroxyl groups excluding tert-OH is 2. The van der Waals surface area contributed by atoms with Gasteiger partial charge >= 0.3 is 0 Å². The maximum absolute atomic E-state index is 10.2. The second kappa shape index (κ2) is 9.79. The summed E-state index contributed by atoms with van der Waals surface area (Å²) in [5.74, 6) is 0.291. The summed E-state index contributed by atoms with van der Waals surface area (Å²) in [4.78, 5) is 0. The van der Waals surface area contributed by atoms with Crippen molar-refractivity contribution in [2.24, 2.45) is 5.92 Å². The van der Waals surface area contributed by atoms with Crippen LogP contribution in [0.4, 0.5) is 0 Å². The first-order valence-electron chi connectivity index (χ1n) is 8.12. The van der Waals surface area contributed by atoms with Crippen molar-refractivity contribution in [3.05, 3.63) is 46.2 Å². The van der Waals surface area contributed by atoms with E-state index in [0.717, 1.165) is 18.4 Å². The molecule has 1 rings (SSSR count). The number of aromatic hydroxyl groups is 1. The normalized spacial score (nSPS) is 13.5. The minimum atomic E-state index is -0.742. The molecule has 0 fully saturated rings. The van der Waals surface area contributed by atoms with Gasteiger partial charge in [-0.25, -0.2) is 0 Å². The molecule has 0 aliphatic rings. The molecule has 2 atom stereocenters. The molecule has 1 aromatic rings. The van der Waals surface area contributed by atoms with Crippen LogP contribution in [0, 0.1) is 5.92 Å². The van der Waals surface area contributed by atoms with Crippen molar-refractivity contribution in [1.29, 1.82) is 0 Å². The number of rotatable bonds is 8. The van der Waals surface area contributed by atoms with E-state index in [1.165, 1.54) is 12.1 Å². The van der Waals surface area contributed by atoms with Gasteiger partial charge in [-0.2, -0.15) is 0 Å². The maximum Gasteiger partial charge on any atom is 0.117 e. The first-order chi connectivity index (χ1) is 10.8. The molecule has 1 aromatic carbocycles. The van der Waals surface area contributed by atoms with E-state index in [1.54, 1.807) is 12.1 Å². The van der Waals surface area contributed by atoms with E-state index in [9.17, 15) is 15.3 Å². The van der Waals surface area contributed by atoms with Crippen molar-refractivity contribution in [1.82, 2.24) is 0 Å². The van der Waals surface area contributed by atoms with Crippen molar-refractivity contribution in [2.75, 3.05) is 0 Å². The van der Waals surface area contributed by atoms with Crippen LogP contribution in [-0.2, 0) is 0 Å². The number of aliphatic hydroxyl groups is 2. The van der Waals surface area contributed by atoms with Crippen molar-refractivity contribution < 1.29 is 15.3 Å². The van der Waals surface area contributed by atoms with Gasteiger partial charge < -0.3 is 15.3 Å². The Morgan fingerprint density at radius 3 is 2.57 bits per heavy atom. The Balaban J connectivity index is 2.78. The zero-order valence-corrected chi connectivity index (χ0v) is 14.8. The van der Waals surface area contributed by atoms with E-state index in [0.29, 0.717) is 23.4 Å². The molecule has 0 aliphatic carbocycles. The Labute approximate surface area is 143 Å². The molecular formula is C19H27ClO3. The van der Waals surface area contributed by atoms with Crippen molar-refractivity contribution in [3.63, 3.8) is 0 Å². The average molecular weight is 339 g/mol.